The Morgan fingerprint density at radius 1 is 1.50 bits per heavy atom. The first kappa shape index (κ1) is 12.4. The SMILES string of the molecule is CCOc1cc(F)ccc1C(F)(F)C(=O)O. The molecule has 3 nitrogen and oxygen atoms in total. The number of aliphatic carboxylic acids is 1. The van der Waals surface area contributed by atoms with Crippen molar-refractivity contribution in [2.75, 3.05) is 6.61 Å². The molecule has 88 valence electrons. The van der Waals surface area contributed by atoms with Crippen molar-refractivity contribution in [1.82, 2.24) is 0 Å². The second kappa shape index (κ2) is 4.42. The van der Waals surface area contributed by atoms with Crippen LogP contribution in [0.1, 0.15) is 12.5 Å². The fourth-order valence-electron chi connectivity index (χ4n) is 1.15. The molecule has 6 heteroatoms. The summed E-state index contributed by atoms with van der Waals surface area (Å²) < 4.78 is 43.9. The summed E-state index contributed by atoms with van der Waals surface area (Å²) in [5.74, 6) is -7.64. The van der Waals surface area contributed by atoms with E-state index >= 15 is 0 Å². The summed E-state index contributed by atoms with van der Waals surface area (Å²) >= 11 is 0. The number of carbonyl (C=O) groups is 1. The van der Waals surface area contributed by atoms with Crippen molar-refractivity contribution in [3.63, 3.8) is 0 Å². The van der Waals surface area contributed by atoms with Crippen LogP contribution in [0.4, 0.5) is 13.2 Å². The highest BCUT2D eigenvalue weighted by Gasteiger charge is 2.43. The lowest BCUT2D eigenvalue weighted by atomic mass is 10.1. The number of hydrogen-bond donors (Lipinski definition) is 1. The molecule has 0 aliphatic heterocycles. The molecule has 1 aromatic rings. The number of hydrogen-bond acceptors (Lipinski definition) is 2. The third-order valence-corrected chi connectivity index (χ3v) is 1.85. The van der Waals surface area contributed by atoms with Crippen LogP contribution in [-0.4, -0.2) is 17.7 Å². The molecule has 16 heavy (non-hydrogen) atoms. The van der Waals surface area contributed by atoms with Gasteiger partial charge in [0.2, 0.25) is 0 Å². The summed E-state index contributed by atoms with van der Waals surface area (Å²) in [6.45, 7) is 1.56. The number of carboxylic acid groups (broad SMARTS) is 1. The molecule has 0 amide bonds. The minimum atomic E-state index is -4.10. The van der Waals surface area contributed by atoms with Crippen LogP contribution in [0.25, 0.3) is 0 Å². The monoisotopic (exact) mass is 234 g/mol. The molecule has 0 aliphatic carbocycles. The van der Waals surface area contributed by atoms with Crippen molar-refractivity contribution in [3.05, 3.63) is 29.6 Å². The van der Waals surface area contributed by atoms with Crippen LogP contribution in [0.2, 0.25) is 0 Å². The Morgan fingerprint density at radius 3 is 2.62 bits per heavy atom. The van der Waals surface area contributed by atoms with E-state index in [0.29, 0.717) is 6.07 Å². The van der Waals surface area contributed by atoms with Gasteiger partial charge in [0.15, 0.2) is 0 Å². The minimum absolute atomic E-state index is 0.0339. The van der Waals surface area contributed by atoms with Crippen LogP contribution >= 0.6 is 0 Å². The zero-order valence-corrected chi connectivity index (χ0v) is 8.34. The maximum atomic E-state index is 13.2. The smallest absolute Gasteiger partial charge is 0.379 e. The Hall–Kier alpha value is -1.72. The maximum Gasteiger partial charge on any atom is 0.379 e. The van der Waals surface area contributed by atoms with Crippen molar-refractivity contribution >= 4 is 5.97 Å². The number of halogens is 3. The number of carboxylic acids is 1. The largest absolute Gasteiger partial charge is 0.493 e. The molecule has 0 saturated carbocycles. The van der Waals surface area contributed by atoms with Crippen LogP contribution < -0.4 is 4.74 Å². The lowest BCUT2D eigenvalue weighted by Gasteiger charge is -2.15. The molecular formula is C10H9F3O3. The summed E-state index contributed by atoms with van der Waals surface area (Å²) in [6, 6.07) is 2.19. The van der Waals surface area contributed by atoms with Gasteiger partial charge in [-0.2, -0.15) is 8.78 Å². The minimum Gasteiger partial charge on any atom is -0.493 e. The highest BCUT2D eigenvalue weighted by Crippen LogP contribution is 2.35. The van der Waals surface area contributed by atoms with Gasteiger partial charge in [0.25, 0.3) is 0 Å². The summed E-state index contributed by atoms with van der Waals surface area (Å²) in [5.41, 5.74) is -0.858. The molecule has 0 aliphatic rings. The molecule has 1 aromatic carbocycles. The Kier molecular flexibility index (Phi) is 3.41. The topological polar surface area (TPSA) is 46.5 Å². The first-order valence-corrected chi connectivity index (χ1v) is 4.43. The first-order valence-electron chi connectivity index (χ1n) is 4.43. The van der Waals surface area contributed by atoms with Crippen molar-refractivity contribution in [2.45, 2.75) is 12.8 Å². The fraction of sp³-hybridized carbons (Fsp3) is 0.300. The Balaban J connectivity index is 3.27. The summed E-state index contributed by atoms with van der Waals surface area (Å²) in [4.78, 5) is 10.4. The van der Waals surface area contributed by atoms with Crippen LogP contribution in [-0.2, 0) is 10.7 Å². The number of alkyl halides is 2. The molecule has 1 rings (SSSR count). The first-order chi connectivity index (χ1) is 7.39. The average Bonchev–Trinajstić information content (AvgIpc) is 2.17. The van der Waals surface area contributed by atoms with Gasteiger partial charge in [0, 0.05) is 6.07 Å². The average molecular weight is 234 g/mol. The van der Waals surface area contributed by atoms with Gasteiger partial charge in [0.1, 0.15) is 11.6 Å². The molecule has 0 spiro atoms. The van der Waals surface area contributed by atoms with Gasteiger partial charge in [-0.15, -0.1) is 0 Å². The van der Waals surface area contributed by atoms with Crippen LogP contribution in [0.15, 0.2) is 18.2 Å². The Labute approximate surface area is 89.5 Å². The fourth-order valence-corrected chi connectivity index (χ4v) is 1.15. The molecule has 0 atom stereocenters. The summed E-state index contributed by atoms with van der Waals surface area (Å²) in [5, 5.41) is 8.36. The predicted molar refractivity (Wildman–Crippen MR) is 49.1 cm³/mol. The molecule has 0 unspecified atom stereocenters. The Morgan fingerprint density at radius 2 is 2.12 bits per heavy atom. The zero-order chi connectivity index (χ0) is 12.3. The van der Waals surface area contributed by atoms with Crippen LogP contribution in [0.5, 0.6) is 5.75 Å². The molecular weight excluding hydrogens is 225 g/mol. The molecule has 0 fully saturated rings. The molecule has 0 heterocycles. The van der Waals surface area contributed by atoms with E-state index in [1.54, 1.807) is 0 Å². The van der Waals surface area contributed by atoms with E-state index in [4.69, 9.17) is 9.84 Å². The molecule has 0 radical (unpaired) electrons. The van der Waals surface area contributed by atoms with Crippen molar-refractivity contribution in [2.24, 2.45) is 0 Å². The normalized spacial score (nSPS) is 11.2. The number of rotatable bonds is 4. The van der Waals surface area contributed by atoms with Gasteiger partial charge < -0.3 is 9.84 Å². The summed E-state index contributed by atoms with van der Waals surface area (Å²) in [7, 11) is 0. The second-order valence-electron chi connectivity index (χ2n) is 2.95. The predicted octanol–water partition coefficient (Wildman–Crippen LogP) is 2.40. The van der Waals surface area contributed by atoms with E-state index in [-0.39, 0.29) is 6.61 Å². The van der Waals surface area contributed by atoms with E-state index in [2.05, 4.69) is 0 Å². The zero-order valence-electron chi connectivity index (χ0n) is 8.34. The van der Waals surface area contributed by atoms with E-state index < -0.39 is 29.0 Å². The van der Waals surface area contributed by atoms with E-state index in [1.165, 1.54) is 6.92 Å². The summed E-state index contributed by atoms with van der Waals surface area (Å²) in [6.07, 6.45) is 0. The Bertz CT molecular complexity index is 404. The molecule has 1 N–H and O–H groups in total. The lowest BCUT2D eigenvalue weighted by Crippen LogP contribution is -2.26. The van der Waals surface area contributed by atoms with E-state index in [0.717, 1.165) is 12.1 Å². The standard InChI is InChI=1S/C10H9F3O3/c1-2-16-8-5-6(11)3-4-7(8)10(12,13)9(14)15/h3-5H,2H2,1H3,(H,14,15). The third-order valence-electron chi connectivity index (χ3n) is 1.85. The van der Waals surface area contributed by atoms with Gasteiger partial charge in [-0.25, -0.2) is 9.18 Å². The quantitative estimate of drug-likeness (QED) is 0.870. The maximum absolute atomic E-state index is 13.2. The van der Waals surface area contributed by atoms with E-state index in [9.17, 15) is 18.0 Å². The van der Waals surface area contributed by atoms with Crippen molar-refractivity contribution in [3.8, 4) is 5.75 Å². The van der Waals surface area contributed by atoms with Crippen molar-refractivity contribution < 1.29 is 27.8 Å². The van der Waals surface area contributed by atoms with Crippen molar-refractivity contribution in [1.29, 1.82) is 0 Å². The third kappa shape index (κ3) is 2.26. The number of benzene rings is 1. The molecule has 0 aromatic heterocycles. The number of ether oxygens (including phenoxy) is 1. The van der Waals surface area contributed by atoms with Gasteiger partial charge >= 0.3 is 11.9 Å². The highest BCUT2D eigenvalue weighted by atomic mass is 19.3. The van der Waals surface area contributed by atoms with E-state index in [1.807, 2.05) is 0 Å². The van der Waals surface area contributed by atoms with Crippen LogP contribution in [0, 0.1) is 5.82 Å². The highest BCUT2D eigenvalue weighted by molar-refractivity contribution is 5.78. The van der Waals surface area contributed by atoms with Gasteiger partial charge in [-0.3, -0.25) is 0 Å². The van der Waals surface area contributed by atoms with Gasteiger partial charge in [0.05, 0.1) is 12.2 Å². The second-order valence-corrected chi connectivity index (χ2v) is 2.95. The molecule has 0 bridgehead atoms. The molecule has 0 saturated heterocycles. The van der Waals surface area contributed by atoms with Gasteiger partial charge in [-0.05, 0) is 19.1 Å². The lowest BCUT2D eigenvalue weighted by molar-refractivity contribution is -0.166. The van der Waals surface area contributed by atoms with Gasteiger partial charge in [-0.1, -0.05) is 0 Å². The van der Waals surface area contributed by atoms with Crippen LogP contribution in [0.3, 0.4) is 0 Å².